The van der Waals surface area contributed by atoms with Crippen molar-refractivity contribution in [3.8, 4) is 11.5 Å². The number of rotatable bonds is 7. The van der Waals surface area contributed by atoms with Crippen LogP contribution in [0.1, 0.15) is 11.1 Å². The summed E-state index contributed by atoms with van der Waals surface area (Å²) in [4.78, 5) is 11.9. The van der Waals surface area contributed by atoms with Gasteiger partial charge in [0.2, 0.25) is 5.91 Å². The fraction of sp³-hybridized carbons (Fsp3) is 0.278. The predicted octanol–water partition coefficient (Wildman–Crippen LogP) is 2.74. The van der Waals surface area contributed by atoms with Gasteiger partial charge in [-0.1, -0.05) is 24.3 Å². The number of nitrogens with one attached hydrogen (secondary N) is 1. The van der Waals surface area contributed by atoms with Gasteiger partial charge in [0.25, 0.3) is 0 Å². The maximum absolute atomic E-state index is 13.5. The number of amides is 1. The van der Waals surface area contributed by atoms with Crippen molar-refractivity contribution >= 4 is 5.91 Å². The van der Waals surface area contributed by atoms with Crippen LogP contribution >= 0.6 is 0 Å². The van der Waals surface area contributed by atoms with Gasteiger partial charge in [-0.05, 0) is 29.7 Å². The van der Waals surface area contributed by atoms with Gasteiger partial charge in [-0.3, -0.25) is 4.79 Å². The van der Waals surface area contributed by atoms with Crippen LogP contribution in [-0.4, -0.2) is 26.7 Å². The van der Waals surface area contributed by atoms with Crippen LogP contribution in [0, 0.1) is 5.82 Å². The standard InChI is InChI=1S/C18H20FNO3/c1-22-15-8-7-13(17(12-15)23-2)9-10-20-18(21)11-14-5-3-4-6-16(14)19/h3-8,12H,9-11H2,1-2H3,(H,20,21). The fourth-order valence-electron chi connectivity index (χ4n) is 2.27. The Kier molecular flexibility index (Phi) is 5.97. The Balaban J connectivity index is 1.87. The molecule has 0 aliphatic rings. The largest absolute Gasteiger partial charge is 0.497 e. The molecule has 0 fully saturated rings. The van der Waals surface area contributed by atoms with Crippen LogP contribution < -0.4 is 14.8 Å². The molecule has 122 valence electrons. The van der Waals surface area contributed by atoms with Gasteiger partial charge in [-0.15, -0.1) is 0 Å². The summed E-state index contributed by atoms with van der Waals surface area (Å²) >= 11 is 0. The molecular formula is C18H20FNO3. The molecule has 2 aromatic carbocycles. The Labute approximate surface area is 135 Å². The van der Waals surface area contributed by atoms with Gasteiger partial charge in [0.1, 0.15) is 17.3 Å². The molecule has 0 aliphatic heterocycles. The molecule has 0 aliphatic carbocycles. The van der Waals surface area contributed by atoms with E-state index in [0.29, 0.717) is 30.0 Å². The minimum atomic E-state index is -0.362. The summed E-state index contributed by atoms with van der Waals surface area (Å²) in [6.45, 7) is 0.454. The highest BCUT2D eigenvalue weighted by Gasteiger charge is 2.09. The van der Waals surface area contributed by atoms with Crippen molar-refractivity contribution in [1.82, 2.24) is 5.32 Å². The average molecular weight is 317 g/mol. The van der Waals surface area contributed by atoms with Crippen LogP contribution in [-0.2, 0) is 17.6 Å². The molecule has 0 saturated carbocycles. The lowest BCUT2D eigenvalue weighted by Crippen LogP contribution is -2.27. The van der Waals surface area contributed by atoms with E-state index in [0.717, 1.165) is 5.56 Å². The number of hydrogen-bond acceptors (Lipinski definition) is 3. The molecule has 1 N–H and O–H groups in total. The fourth-order valence-corrected chi connectivity index (χ4v) is 2.27. The van der Waals surface area contributed by atoms with Crippen molar-refractivity contribution in [2.45, 2.75) is 12.8 Å². The minimum absolute atomic E-state index is 0.0341. The molecule has 1 amide bonds. The highest BCUT2D eigenvalue weighted by atomic mass is 19.1. The molecule has 4 nitrogen and oxygen atoms in total. The first-order chi connectivity index (χ1) is 11.1. The number of ether oxygens (including phenoxy) is 2. The van der Waals surface area contributed by atoms with E-state index in [1.54, 1.807) is 38.5 Å². The quantitative estimate of drug-likeness (QED) is 0.854. The summed E-state index contributed by atoms with van der Waals surface area (Å²) < 4.78 is 24.0. The Morgan fingerprint density at radius 2 is 1.87 bits per heavy atom. The first kappa shape index (κ1) is 16.8. The molecule has 2 aromatic rings. The van der Waals surface area contributed by atoms with E-state index in [1.165, 1.54) is 6.07 Å². The second-order valence-corrected chi connectivity index (χ2v) is 5.05. The van der Waals surface area contributed by atoms with Gasteiger partial charge >= 0.3 is 0 Å². The molecule has 0 spiro atoms. The Hall–Kier alpha value is -2.56. The minimum Gasteiger partial charge on any atom is -0.497 e. The lowest BCUT2D eigenvalue weighted by atomic mass is 10.1. The molecule has 0 bridgehead atoms. The lowest BCUT2D eigenvalue weighted by molar-refractivity contribution is -0.120. The summed E-state index contributed by atoms with van der Waals surface area (Å²) in [7, 11) is 3.19. The summed E-state index contributed by atoms with van der Waals surface area (Å²) in [5.41, 5.74) is 1.37. The molecule has 0 unspecified atom stereocenters. The molecule has 0 heterocycles. The zero-order valence-electron chi connectivity index (χ0n) is 13.3. The Bertz CT molecular complexity index is 673. The van der Waals surface area contributed by atoms with Crippen molar-refractivity contribution in [1.29, 1.82) is 0 Å². The molecule has 0 atom stereocenters. The van der Waals surface area contributed by atoms with Crippen LogP contribution in [0.3, 0.4) is 0 Å². The average Bonchev–Trinajstić information content (AvgIpc) is 2.57. The molecule has 0 radical (unpaired) electrons. The zero-order chi connectivity index (χ0) is 16.7. The van der Waals surface area contributed by atoms with Crippen molar-refractivity contribution in [2.75, 3.05) is 20.8 Å². The van der Waals surface area contributed by atoms with E-state index in [4.69, 9.17) is 9.47 Å². The van der Waals surface area contributed by atoms with Crippen LogP contribution in [0.4, 0.5) is 4.39 Å². The Morgan fingerprint density at radius 1 is 1.09 bits per heavy atom. The number of carbonyl (C=O) groups excluding carboxylic acids is 1. The van der Waals surface area contributed by atoms with Crippen LogP contribution in [0.15, 0.2) is 42.5 Å². The molecule has 2 rings (SSSR count). The summed E-state index contributed by atoms with van der Waals surface area (Å²) in [5.74, 6) is 0.865. The van der Waals surface area contributed by atoms with Crippen LogP contribution in [0.25, 0.3) is 0 Å². The van der Waals surface area contributed by atoms with Crippen molar-refractivity contribution in [3.05, 3.63) is 59.4 Å². The van der Waals surface area contributed by atoms with Gasteiger partial charge in [0.15, 0.2) is 0 Å². The number of carbonyl (C=O) groups is 1. The highest BCUT2D eigenvalue weighted by Crippen LogP contribution is 2.24. The van der Waals surface area contributed by atoms with Crippen LogP contribution in [0.2, 0.25) is 0 Å². The normalized spacial score (nSPS) is 10.2. The molecule has 23 heavy (non-hydrogen) atoms. The molecule has 0 saturated heterocycles. The maximum atomic E-state index is 13.5. The van der Waals surface area contributed by atoms with Crippen molar-refractivity contribution < 1.29 is 18.7 Å². The topological polar surface area (TPSA) is 47.6 Å². The monoisotopic (exact) mass is 317 g/mol. The number of hydrogen-bond donors (Lipinski definition) is 1. The van der Waals surface area contributed by atoms with E-state index < -0.39 is 0 Å². The maximum Gasteiger partial charge on any atom is 0.224 e. The third-order valence-electron chi connectivity index (χ3n) is 3.52. The summed E-state index contributed by atoms with van der Waals surface area (Å²) in [5, 5.41) is 2.79. The summed E-state index contributed by atoms with van der Waals surface area (Å²) in [6.07, 6.45) is 0.655. The third-order valence-corrected chi connectivity index (χ3v) is 3.52. The second-order valence-electron chi connectivity index (χ2n) is 5.05. The lowest BCUT2D eigenvalue weighted by Gasteiger charge is -2.11. The van der Waals surface area contributed by atoms with Gasteiger partial charge < -0.3 is 14.8 Å². The van der Waals surface area contributed by atoms with E-state index in [1.807, 2.05) is 12.1 Å². The molecule has 5 heteroatoms. The first-order valence-corrected chi connectivity index (χ1v) is 7.35. The summed E-state index contributed by atoms with van der Waals surface area (Å²) in [6, 6.07) is 11.8. The van der Waals surface area contributed by atoms with E-state index in [-0.39, 0.29) is 18.1 Å². The highest BCUT2D eigenvalue weighted by molar-refractivity contribution is 5.78. The smallest absolute Gasteiger partial charge is 0.224 e. The Morgan fingerprint density at radius 3 is 2.57 bits per heavy atom. The molecule has 0 aromatic heterocycles. The number of benzene rings is 2. The van der Waals surface area contributed by atoms with Crippen molar-refractivity contribution in [2.24, 2.45) is 0 Å². The van der Waals surface area contributed by atoms with E-state index in [9.17, 15) is 9.18 Å². The van der Waals surface area contributed by atoms with E-state index >= 15 is 0 Å². The zero-order valence-corrected chi connectivity index (χ0v) is 13.3. The first-order valence-electron chi connectivity index (χ1n) is 7.35. The number of halogens is 1. The number of methoxy groups -OCH3 is 2. The predicted molar refractivity (Wildman–Crippen MR) is 86.4 cm³/mol. The van der Waals surface area contributed by atoms with Gasteiger partial charge in [0.05, 0.1) is 20.6 Å². The van der Waals surface area contributed by atoms with E-state index in [2.05, 4.69) is 5.32 Å². The van der Waals surface area contributed by atoms with Gasteiger partial charge in [-0.25, -0.2) is 4.39 Å². The van der Waals surface area contributed by atoms with Crippen LogP contribution in [0.5, 0.6) is 11.5 Å². The van der Waals surface area contributed by atoms with Crippen molar-refractivity contribution in [3.63, 3.8) is 0 Å². The van der Waals surface area contributed by atoms with Gasteiger partial charge in [-0.2, -0.15) is 0 Å². The molecular weight excluding hydrogens is 297 g/mol. The third kappa shape index (κ3) is 4.71. The SMILES string of the molecule is COc1ccc(CCNC(=O)Cc2ccccc2F)c(OC)c1. The second kappa shape index (κ2) is 8.17. The van der Waals surface area contributed by atoms with Gasteiger partial charge in [0, 0.05) is 12.6 Å².